The molecule has 0 bridgehead atoms. The molecule has 0 heterocycles. The maximum absolute atomic E-state index is 13.2. The van der Waals surface area contributed by atoms with E-state index in [1.807, 2.05) is 26.8 Å². The summed E-state index contributed by atoms with van der Waals surface area (Å²) < 4.78 is 23.8. The standard InChI is InChI=1S/C15H24NO4P/c1-6-19-14(17)12(2)16-21(18,15(3,4)5)20-13-10-8-7-9-11-13/h7-12H,6H2,1-5H3,(H,16,18)/t12-,21+/m0/s1. The van der Waals surface area contributed by atoms with Crippen LogP contribution >= 0.6 is 7.52 Å². The van der Waals surface area contributed by atoms with Gasteiger partial charge in [-0.2, -0.15) is 0 Å². The molecule has 0 aliphatic carbocycles. The normalized spacial score (nSPS) is 15.9. The quantitative estimate of drug-likeness (QED) is 0.642. The lowest BCUT2D eigenvalue weighted by molar-refractivity contribution is -0.144. The Morgan fingerprint density at radius 2 is 1.86 bits per heavy atom. The molecule has 0 saturated heterocycles. The average Bonchev–Trinajstić information content (AvgIpc) is 2.38. The molecule has 0 amide bonds. The number of esters is 1. The fourth-order valence-electron chi connectivity index (χ4n) is 1.56. The third-order valence-corrected chi connectivity index (χ3v) is 5.83. The molecule has 0 aliphatic heterocycles. The molecule has 2 atom stereocenters. The van der Waals surface area contributed by atoms with E-state index >= 15 is 0 Å². The van der Waals surface area contributed by atoms with Gasteiger partial charge < -0.3 is 9.26 Å². The molecule has 1 N–H and O–H groups in total. The highest BCUT2D eigenvalue weighted by molar-refractivity contribution is 7.59. The van der Waals surface area contributed by atoms with E-state index in [4.69, 9.17) is 9.26 Å². The minimum absolute atomic E-state index is 0.282. The molecule has 6 heteroatoms. The van der Waals surface area contributed by atoms with E-state index in [-0.39, 0.29) is 6.61 Å². The third-order valence-electron chi connectivity index (χ3n) is 2.86. The summed E-state index contributed by atoms with van der Waals surface area (Å²) in [5.41, 5.74) is 0. The molecular formula is C15H24NO4P. The van der Waals surface area contributed by atoms with Crippen molar-refractivity contribution in [3.8, 4) is 5.75 Å². The molecule has 0 saturated carbocycles. The van der Waals surface area contributed by atoms with E-state index in [1.165, 1.54) is 0 Å². The molecule has 1 aromatic carbocycles. The topological polar surface area (TPSA) is 64.6 Å². The van der Waals surface area contributed by atoms with Crippen molar-refractivity contribution in [3.05, 3.63) is 30.3 Å². The highest BCUT2D eigenvalue weighted by atomic mass is 31.2. The first-order valence-corrected chi connectivity index (χ1v) is 8.61. The second kappa shape index (κ2) is 7.10. The Morgan fingerprint density at radius 1 is 1.29 bits per heavy atom. The smallest absolute Gasteiger partial charge is 0.323 e. The molecule has 21 heavy (non-hydrogen) atoms. The average molecular weight is 313 g/mol. The van der Waals surface area contributed by atoms with Crippen LogP contribution in [0, 0.1) is 0 Å². The lowest BCUT2D eigenvalue weighted by Gasteiger charge is -2.32. The summed E-state index contributed by atoms with van der Waals surface area (Å²) in [6.45, 7) is 9.05. The first kappa shape index (κ1) is 17.7. The van der Waals surface area contributed by atoms with Crippen molar-refractivity contribution in [1.29, 1.82) is 0 Å². The number of benzene rings is 1. The Hall–Kier alpha value is -1.32. The van der Waals surface area contributed by atoms with Crippen LogP contribution in [0.4, 0.5) is 0 Å². The number of rotatable bonds is 6. The van der Waals surface area contributed by atoms with E-state index in [2.05, 4.69) is 5.09 Å². The Labute approximate surface area is 126 Å². The lowest BCUT2D eigenvalue weighted by atomic mass is 10.3. The van der Waals surface area contributed by atoms with Crippen LogP contribution in [0.5, 0.6) is 5.75 Å². The summed E-state index contributed by atoms with van der Waals surface area (Å²) in [6.07, 6.45) is 0. The van der Waals surface area contributed by atoms with Crippen LogP contribution in [-0.4, -0.2) is 23.8 Å². The zero-order valence-corrected chi connectivity index (χ0v) is 14.1. The van der Waals surface area contributed by atoms with Gasteiger partial charge in [0.25, 0.3) is 0 Å². The number of nitrogens with one attached hydrogen (secondary N) is 1. The molecule has 0 unspecified atom stereocenters. The van der Waals surface area contributed by atoms with E-state index in [0.29, 0.717) is 5.75 Å². The molecule has 118 valence electrons. The van der Waals surface area contributed by atoms with E-state index in [0.717, 1.165) is 0 Å². The maximum atomic E-state index is 13.2. The van der Waals surface area contributed by atoms with Crippen molar-refractivity contribution in [2.75, 3.05) is 6.61 Å². The number of ether oxygens (including phenoxy) is 1. The maximum Gasteiger partial charge on any atom is 0.323 e. The summed E-state index contributed by atoms with van der Waals surface area (Å²) in [6, 6.07) is 8.21. The molecule has 0 radical (unpaired) electrons. The van der Waals surface area contributed by atoms with Crippen molar-refractivity contribution < 1.29 is 18.6 Å². The van der Waals surface area contributed by atoms with Crippen molar-refractivity contribution in [2.45, 2.75) is 45.8 Å². The van der Waals surface area contributed by atoms with Crippen LogP contribution in [0.25, 0.3) is 0 Å². The highest BCUT2D eigenvalue weighted by Crippen LogP contribution is 2.55. The Morgan fingerprint density at radius 3 is 2.33 bits per heavy atom. The lowest BCUT2D eigenvalue weighted by Crippen LogP contribution is -2.39. The zero-order chi connectivity index (χ0) is 16.1. The summed E-state index contributed by atoms with van der Waals surface area (Å²) >= 11 is 0. The minimum Gasteiger partial charge on any atom is -0.465 e. The van der Waals surface area contributed by atoms with Gasteiger partial charge in [-0.1, -0.05) is 18.2 Å². The Kier molecular flexibility index (Phi) is 5.99. The minimum atomic E-state index is -3.31. The zero-order valence-electron chi connectivity index (χ0n) is 13.3. The van der Waals surface area contributed by atoms with Gasteiger partial charge in [-0.15, -0.1) is 0 Å². The first-order chi connectivity index (χ1) is 9.69. The van der Waals surface area contributed by atoms with Gasteiger partial charge in [0.15, 0.2) is 0 Å². The van der Waals surface area contributed by atoms with Gasteiger partial charge in [0.1, 0.15) is 11.8 Å². The van der Waals surface area contributed by atoms with Crippen molar-refractivity contribution in [2.24, 2.45) is 0 Å². The monoisotopic (exact) mass is 313 g/mol. The van der Waals surface area contributed by atoms with Gasteiger partial charge in [0, 0.05) is 0 Å². The van der Waals surface area contributed by atoms with Crippen molar-refractivity contribution in [1.82, 2.24) is 5.09 Å². The SMILES string of the molecule is CCOC(=O)[C@H](C)N[P@](=O)(Oc1ccccc1)C(C)(C)C. The largest absolute Gasteiger partial charge is 0.465 e. The van der Waals surface area contributed by atoms with E-state index in [1.54, 1.807) is 38.1 Å². The molecule has 0 aromatic heterocycles. The van der Waals surface area contributed by atoms with Gasteiger partial charge in [0.2, 0.25) is 0 Å². The molecule has 1 aromatic rings. The van der Waals surface area contributed by atoms with Crippen LogP contribution in [0.2, 0.25) is 0 Å². The van der Waals surface area contributed by atoms with E-state index < -0.39 is 24.7 Å². The first-order valence-electron chi connectivity index (χ1n) is 6.99. The second-order valence-electron chi connectivity index (χ2n) is 5.73. The van der Waals surface area contributed by atoms with Crippen LogP contribution < -0.4 is 9.61 Å². The van der Waals surface area contributed by atoms with Crippen molar-refractivity contribution >= 4 is 13.5 Å². The van der Waals surface area contributed by atoms with Gasteiger partial charge in [0.05, 0.1) is 11.8 Å². The molecular weight excluding hydrogens is 289 g/mol. The summed E-state index contributed by atoms with van der Waals surface area (Å²) in [5.74, 6) is 0.0537. The summed E-state index contributed by atoms with van der Waals surface area (Å²) in [5, 5.41) is 2.16. The molecule has 5 nitrogen and oxygen atoms in total. The predicted octanol–water partition coefficient (Wildman–Crippen LogP) is 3.60. The van der Waals surface area contributed by atoms with Gasteiger partial charge in [-0.3, -0.25) is 9.36 Å². The fourth-order valence-corrected chi connectivity index (χ4v) is 3.31. The summed E-state index contributed by atoms with van der Waals surface area (Å²) in [7, 11) is -3.31. The van der Waals surface area contributed by atoms with Crippen molar-refractivity contribution in [3.63, 3.8) is 0 Å². The number of carbonyl (C=O) groups excluding carboxylic acids is 1. The van der Waals surface area contributed by atoms with Crippen LogP contribution in [0.3, 0.4) is 0 Å². The Balaban J connectivity index is 2.95. The highest BCUT2D eigenvalue weighted by Gasteiger charge is 2.41. The molecule has 0 fully saturated rings. The molecule has 0 spiro atoms. The van der Waals surface area contributed by atoms with Crippen LogP contribution in [0.1, 0.15) is 34.6 Å². The van der Waals surface area contributed by atoms with Gasteiger partial charge in [-0.25, -0.2) is 5.09 Å². The van der Waals surface area contributed by atoms with Crippen LogP contribution in [-0.2, 0) is 14.1 Å². The number of hydrogen-bond donors (Lipinski definition) is 1. The third kappa shape index (κ3) is 4.87. The van der Waals surface area contributed by atoms with E-state index in [9.17, 15) is 9.36 Å². The number of hydrogen-bond acceptors (Lipinski definition) is 4. The number of carbonyl (C=O) groups is 1. The molecule has 1 rings (SSSR count). The fraction of sp³-hybridized carbons (Fsp3) is 0.533. The van der Waals surface area contributed by atoms with Crippen LogP contribution in [0.15, 0.2) is 30.3 Å². The van der Waals surface area contributed by atoms with Gasteiger partial charge >= 0.3 is 13.5 Å². The Bertz CT molecular complexity index is 510. The molecule has 0 aliphatic rings. The summed E-state index contributed by atoms with van der Waals surface area (Å²) in [4.78, 5) is 11.7. The van der Waals surface area contributed by atoms with Gasteiger partial charge in [-0.05, 0) is 46.8 Å². The number of para-hydroxylation sites is 1. The predicted molar refractivity (Wildman–Crippen MR) is 83.7 cm³/mol. The second-order valence-corrected chi connectivity index (χ2v) is 8.61.